The first-order valence-corrected chi connectivity index (χ1v) is 16.2. The Kier molecular flexibility index (Phi) is 5.71. The Morgan fingerprint density at radius 2 is 0.471 bits per heavy atom. The zero-order valence-electron chi connectivity index (χ0n) is 26.4. The third-order valence-electron chi connectivity index (χ3n) is 9.98. The molecule has 51 heavy (non-hydrogen) atoms. The van der Waals surface area contributed by atoms with Crippen LogP contribution in [0.15, 0.2) is 127 Å². The molecule has 0 radical (unpaired) electrons. The predicted molar refractivity (Wildman–Crippen MR) is 192 cm³/mol. The molecule has 9 nitrogen and oxygen atoms in total. The molecule has 3 aliphatic rings. The summed E-state index contributed by atoms with van der Waals surface area (Å²) in [4.78, 5) is 88.3. The van der Waals surface area contributed by atoms with Crippen molar-refractivity contribution in [2.24, 2.45) is 0 Å². The number of rotatable bonds is 3. The number of carbonyl (C=O) groups excluding carboxylic acids is 6. The van der Waals surface area contributed by atoms with Crippen LogP contribution in [-0.4, -0.2) is 35.4 Å². The van der Waals surface area contributed by atoms with Crippen LogP contribution in [0.2, 0.25) is 0 Å². The fourth-order valence-corrected chi connectivity index (χ4v) is 7.76. The smallest absolute Gasteiger partial charge is 0.265 e. The van der Waals surface area contributed by atoms with Crippen molar-refractivity contribution in [3.63, 3.8) is 0 Å². The van der Waals surface area contributed by atoms with E-state index in [0.29, 0.717) is 16.2 Å². The maximum atomic E-state index is 14.2. The molecule has 0 N–H and O–H groups in total. The molecule has 6 amide bonds. The lowest BCUT2D eigenvalue weighted by molar-refractivity contribution is 0.0879. The van der Waals surface area contributed by atoms with Crippen LogP contribution in [0, 0.1) is 0 Å². The summed E-state index contributed by atoms with van der Waals surface area (Å²) in [5.74, 6) is -3.80. The van der Waals surface area contributed by atoms with Crippen LogP contribution >= 0.6 is 0 Å². The van der Waals surface area contributed by atoms with Crippen LogP contribution in [0.5, 0.6) is 0 Å². The van der Waals surface area contributed by atoms with Crippen molar-refractivity contribution in [1.29, 1.82) is 0 Å². The number of anilines is 3. The molecular formula is C42H21N3O6. The molecule has 0 aliphatic carbocycles. The van der Waals surface area contributed by atoms with E-state index in [1.807, 2.05) is 36.4 Å². The molecule has 10 rings (SSSR count). The Bertz CT molecular complexity index is 2390. The summed E-state index contributed by atoms with van der Waals surface area (Å²) in [6, 6.07) is 35.2. The Labute approximate surface area is 288 Å². The molecule has 0 atom stereocenters. The van der Waals surface area contributed by atoms with E-state index in [4.69, 9.17) is 0 Å². The number of carbonyl (C=O) groups is 6. The first-order valence-electron chi connectivity index (χ1n) is 16.2. The third kappa shape index (κ3) is 3.79. The molecule has 0 saturated carbocycles. The first-order chi connectivity index (χ1) is 24.8. The van der Waals surface area contributed by atoms with E-state index in [2.05, 4.69) is 0 Å². The highest BCUT2D eigenvalue weighted by atomic mass is 16.2. The van der Waals surface area contributed by atoms with Gasteiger partial charge in [0.1, 0.15) is 0 Å². The van der Waals surface area contributed by atoms with Gasteiger partial charge in [0.15, 0.2) is 0 Å². The monoisotopic (exact) mass is 663 g/mol. The van der Waals surface area contributed by atoms with Crippen molar-refractivity contribution in [2.45, 2.75) is 0 Å². The van der Waals surface area contributed by atoms with E-state index in [1.165, 1.54) is 18.2 Å². The van der Waals surface area contributed by atoms with Crippen LogP contribution in [0.25, 0.3) is 32.3 Å². The Morgan fingerprint density at radius 1 is 0.275 bits per heavy atom. The lowest BCUT2D eigenvalue weighted by Gasteiger charge is -2.32. The topological polar surface area (TPSA) is 112 Å². The lowest BCUT2D eigenvalue weighted by atomic mass is 9.92. The third-order valence-corrected chi connectivity index (χ3v) is 9.98. The summed E-state index contributed by atoms with van der Waals surface area (Å²) in [7, 11) is 0. The average Bonchev–Trinajstić information content (AvgIpc) is 3.15. The molecule has 3 aliphatic heterocycles. The van der Waals surface area contributed by atoms with Gasteiger partial charge in [0.2, 0.25) is 0 Å². The molecule has 0 bridgehead atoms. The number of imide groups is 3. The fraction of sp³-hybridized carbons (Fsp3) is 0. The van der Waals surface area contributed by atoms with Gasteiger partial charge in [-0.15, -0.1) is 0 Å². The lowest BCUT2D eigenvalue weighted by Crippen LogP contribution is -2.43. The van der Waals surface area contributed by atoms with Crippen molar-refractivity contribution in [1.82, 2.24) is 0 Å². The van der Waals surface area contributed by atoms with E-state index < -0.39 is 35.4 Å². The van der Waals surface area contributed by atoms with Crippen LogP contribution in [0.1, 0.15) is 62.1 Å². The molecule has 3 heterocycles. The van der Waals surface area contributed by atoms with Crippen molar-refractivity contribution in [3.8, 4) is 0 Å². The van der Waals surface area contributed by atoms with Gasteiger partial charge in [0, 0.05) is 49.5 Å². The largest absolute Gasteiger partial charge is 0.268 e. The SMILES string of the molecule is O=C1c2cccc3cccc(c23)C(=O)N1c1cc(N2C(=O)c3cccc4cccc(c34)C2=O)cc(N2C(=O)c3cccc4cccc(c34)C2=O)c1. The van der Waals surface area contributed by atoms with Gasteiger partial charge in [-0.25, -0.2) is 14.7 Å². The van der Waals surface area contributed by atoms with Gasteiger partial charge in [0.25, 0.3) is 35.4 Å². The number of benzene rings is 7. The highest BCUT2D eigenvalue weighted by molar-refractivity contribution is 6.39. The minimum absolute atomic E-state index is 0.0284. The minimum atomic E-state index is -0.634. The van der Waals surface area contributed by atoms with Crippen molar-refractivity contribution in [2.75, 3.05) is 14.7 Å². The van der Waals surface area contributed by atoms with Gasteiger partial charge in [-0.3, -0.25) is 28.8 Å². The number of hydrogen-bond acceptors (Lipinski definition) is 6. The molecule has 0 spiro atoms. The van der Waals surface area contributed by atoms with Gasteiger partial charge in [-0.05, 0) is 70.8 Å². The summed E-state index contributed by atoms with van der Waals surface area (Å²) >= 11 is 0. The fourth-order valence-electron chi connectivity index (χ4n) is 7.76. The molecule has 7 aromatic rings. The van der Waals surface area contributed by atoms with E-state index >= 15 is 0 Å². The van der Waals surface area contributed by atoms with Gasteiger partial charge >= 0.3 is 0 Å². The Hall–Kier alpha value is -7.26. The summed E-state index contributed by atoms with van der Waals surface area (Å²) in [6.07, 6.45) is 0. The molecule has 9 heteroatoms. The van der Waals surface area contributed by atoms with Gasteiger partial charge in [0.05, 0.1) is 17.1 Å². The van der Waals surface area contributed by atoms with E-state index in [1.54, 1.807) is 72.8 Å². The van der Waals surface area contributed by atoms with Crippen molar-refractivity contribution >= 4 is 84.8 Å². The van der Waals surface area contributed by atoms with Crippen molar-refractivity contribution in [3.05, 3.63) is 161 Å². The van der Waals surface area contributed by atoms with Crippen molar-refractivity contribution < 1.29 is 28.8 Å². The van der Waals surface area contributed by atoms with Gasteiger partial charge in [-0.2, -0.15) is 0 Å². The second-order valence-corrected chi connectivity index (χ2v) is 12.7. The second kappa shape index (κ2) is 10.1. The molecule has 0 unspecified atom stereocenters. The van der Waals surface area contributed by atoms with E-state index in [-0.39, 0.29) is 50.4 Å². The maximum absolute atomic E-state index is 14.2. The maximum Gasteiger partial charge on any atom is 0.265 e. The molecule has 7 aromatic carbocycles. The standard InChI is InChI=1S/C42H21N3O6/c46-37-28-13-1-7-22-8-2-14-29(34(22)28)38(47)43(37)25-19-26(44-39(48)30-15-3-9-23-10-4-16-31(35(23)30)40(44)49)21-27(20-25)45-41(50)32-17-5-11-24-12-6-18-33(36(24)32)42(45)51/h1-21H. The number of nitrogens with zero attached hydrogens (tertiary/aromatic N) is 3. The summed E-state index contributed by atoms with van der Waals surface area (Å²) in [6.45, 7) is 0. The van der Waals surface area contributed by atoms with Crippen LogP contribution in [0.3, 0.4) is 0 Å². The summed E-state index contributed by atoms with van der Waals surface area (Å²) in [5.41, 5.74) is 1.62. The average molecular weight is 664 g/mol. The summed E-state index contributed by atoms with van der Waals surface area (Å²) < 4.78 is 0. The predicted octanol–water partition coefficient (Wildman–Crippen LogP) is 7.55. The minimum Gasteiger partial charge on any atom is -0.268 e. The normalized spacial score (nSPS) is 15.2. The zero-order valence-corrected chi connectivity index (χ0v) is 26.4. The molecule has 0 aromatic heterocycles. The molecule has 0 fully saturated rings. The first kappa shape index (κ1) is 28.7. The quantitative estimate of drug-likeness (QED) is 0.181. The highest BCUT2D eigenvalue weighted by Gasteiger charge is 2.40. The Morgan fingerprint density at radius 3 is 0.667 bits per heavy atom. The van der Waals surface area contributed by atoms with Crippen LogP contribution in [-0.2, 0) is 0 Å². The molecule has 240 valence electrons. The highest BCUT2D eigenvalue weighted by Crippen LogP contribution is 2.41. The van der Waals surface area contributed by atoms with Gasteiger partial charge in [-0.1, -0.05) is 72.8 Å². The van der Waals surface area contributed by atoms with Crippen LogP contribution < -0.4 is 14.7 Å². The number of hydrogen-bond donors (Lipinski definition) is 0. The molecular weight excluding hydrogens is 642 g/mol. The second-order valence-electron chi connectivity index (χ2n) is 12.7. The van der Waals surface area contributed by atoms with Crippen LogP contribution in [0.4, 0.5) is 17.1 Å². The zero-order chi connectivity index (χ0) is 34.7. The summed E-state index contributed by atoms with van der Waals surface area (Å²) in [5, 5.41) is 3.70. The van der Waals surface area contributed by atoms with E-state index in [0.717, 1.165) is 30.9 Å². The van der Waals surface area contributed by atoms with Gasteiger partial charge < -0.3 is 0 Å². The van der Waals surface area contributed by atoms with E-state index in [9.17, 15) is 28.8 Å². The number of amides is 6. The molecule has 0 saturated heterocycles. The Balaban J connectivity index is 1.20.